The maximum Gasteiger partial charge on any atom is 0.212 e. The van der Waals surface area contributed by atoms with Gasteiger partial charge in [0, 0.05) is 0 Å². The fourth-order valence-electron chi connectivity index (χ4n) is 2.25. The number of imidazole rings is 1. The summed E-state index contributed by atoms with van der Waals surface area (Å²) in [5.41, 5.74) is 7.85. The van der Waals surface area contributed by atoms with E-state index in [4.69, 9.17) is 5.73 Å². The van der Waals surface area contributed by atoms with Crippen LogP contribution in [0, 0.1) is 0 Å². The SMILES string of the molecule is CCCC1N=C(N)Nc2nc3ccccc3n21. The van der Waals surface area contributed by atoms with Crippen LogP contribution in [-0.2, 0) is 0 Å². The Kier molecular flexibility index (Phi) is 2.24. The van der Waals surface area contributed by atoms with Crippen LogP contribution >= 0.6 is 0 Å². The molecule has 0 bridgehead atoms. The third kappa shape index (κ3) is 1.54. The maximum atomic E-state index is 5.78. The van der Waals surface area contributed by atoms with Crippen molar-refractivity contribution in [3.63, 3.8) is 0 Å². The van der Waals surface area contributed by atoms with Gasteiger partial charge >= 0.3 is 0 Å². The van der Waals surface area contributed by atoms with Gasteiger partial charge in [-0.2, -0.15) is 0 Å². The summed E-state index contributed by atoms with van der Waals surface area (Å²) in [4.78, 5) is 8.97. The van der Waals surface area contributed by atoms with Gasteiger partial charge in [-0.25, -0.2) is 9.98 Å². The number of guanidine groups is 1. The zero-order chi connectivity index (χ0) is 11.8. The van der Waals surface area contributed by atoms with Crippen LogP contribution in [0.4, 0.5) is 5.95 Å². The summed E-state index contributed by atoms with van der Waals surface area (Å²) in [5.74, 6) is 1.24. The van der Waals surface area contributed by atoms with Crippen molar-refractivity contribution in [2.75, 3.05) is 5.32 Å². The van der Waals surface area contributed by atoms with Crippen molar-refractivity contribution in [1.82, 2.24) is 9.55 Å². The summed E-state index contributed by atoms with van der Waals surface area (Å²) in [6, 6.07) is 8.07. The lowest BCUT2D eigenvalue weighted by Gasteiger charge is -2.22. The van der Waals surface area contributed by atoms with Crippen molar-refractivity contribution in [3.8, 4) is 0 Å². The van der Waals surface area contributed by atoms with Gasteiger partial charge in [0.2, 0.25) is 5.95 Å². The summed E-state index contributed by atoms with van der Waals surface area (Å²) in [5, 5.41) is 3.02. The van der Waals surface area contributed by atoms with E-state index in [2.05, 4.69) is 32.9 Å². The molecule has 2 heterocycles. The van der Waals surface area contributed by atoms with Crippen LogP contribution in [0.25, 0.3) is 11.0 Å². The first kappa shape index (κ1) is 10.1. The van der Waals surface area contributed by atoms with E-state index in [0.29, 0.717) is 5.96 Å². The topological polar surface area (TPSA) is 68.2 Å². The summed E-state index contributed by atoms with van der Waals surface area (Å²) in [6.07, 6.45) is 2.09. The lowest BCUT2D eigenvalue weighted by Crippen LogP contribution is -2.31. The van der Waals surface area contributed by atoms with Gasteiger partial charge in [0.1, 0.15) is 6.17 Å². The van der Waals surface area contributed by atoms with Crippen LogP contribution in [0.15, 0.2) is 29.3 Å². The normalized spacial score (nSPS) is 18.6. The van der Waals surface area contributed by atoms with Gasteiger partial charge in [-0.05, 0) is 18.6 Å². The lowest BCUT2D eigenvalue weighted by molar-refractivity contribution is 0.490. The van der Waals surface area contributed by atoms with Crippen molar-refractivity contribution in [2.45, 2.75) is 25.9 Å². The molecule has 0 saturated carbocycles. The number of fused-ring (bicyclic) bond motifs is 3. The molecule has 5 heteroatoms. The molecule has 1 aliphatic rings. The number of aromatic nitrogens is 2. The standard InChI is InChI=1S/C12H15N5/c1-2-5-10-15-11(13)16-12-14-8-6-3-4-7-9(8)17(10)12/h3-4,6-7,10H,2,5H2,1H3,(H3,13,14,15,16). The van der Waals surface area contributed by atoms with E-state index in [9.17, 15) is 0 Å². The number of anilines is 1. The van der Waals surface area contributed by atoms with Crippen LogP contribution in [0.5, 0.6) is 0 Å². The zero-order valence-electron chi connectivity index (χ0n) is 9.72. The van der Waals surface area contributed by atoms with Gasteiger partial charge in [0.05, 0.1) is 11.0 Å². The molecule has 0 amide bonds. The molecule has 1 aliphatic heterocycles. The number of nitrogens with two attached hydrogens (primary N) is 1. The number of nitrogens with one attached hydrogen (secondary N) is 1. The number of nitrogens with zero attached hydrogens (tertiary/aromatic N) is 3. The quantitative estimate of drug-likeness (QED) is 0.828. The van der Waals surface area contributed by atoms with E-state index in [0.717, 1.165) is 29.8 Å². The van der Waals surface area contributed by atoms with Crippen LogP contribution < -0.4 is 11.1 Å². The second kappa shape index (κ2) is 3.76. The Morgan fingerprint density at radius 2 is 2.24 bits per heavy atom. The molecule has 1 aromatic carbocycles. The first-order valence-electron chi connectivity index (χ1n) is 5.87. The zero-order valence-corrected chi connectivity index (χ0v) is 9.72. The molecule has 0 spiro atoms. The molecule has 3 rings (SSSR count). The van der Waals surface area contributed by atoms with E-state index < -0.39 is 0 Å². The van der Waals surface area contributed by atoms with Gasteiger partial charge in [0.15, 0.2) is 5.96 Å². The molecule has 17 heavy (non-hydrogen) atoms. The highest BCUT2D eigenvalue weighted by atomic mass is 15.4. The monoisotopic (exact) mass is 229 g/mol. The maximum absolute atomic E-state index is 5.78. The molecule has 0 fully saturated rings. The molecule has 5 nitrogen and oxygen atoms in total. The summed E-state index contributed by atoms with van der Waals surface area (Å²) < 4.78 is 2.12. The van der Waals surface area contributed by atoms with Gasteiger partial charge < -0.3 is 5.73 Å². The molecule has 1 unspecified atom stereocenters. The predicted octanol–water partition coefficient (Wildman–Crippen LogP) is 2.08. The van der Waals surface area contributed by atoms with E-state index in [1.54, 1.807) is 0 Å². The van der Waals surface area contributed by atoms with E-state index in [-0.39, 0.29) is 6.17 Å². The Bertz CT molecular complexity index is 584. The fraction of sp³-hybridized carbons (Fsp3) is 0.333. The summed E-state index contributed by atoms with van der Waals surface area (Å²) in [7, 11) is 0. The Labute approximate surface area is 99.4 Å². The number of hydrogen-bond acceptors (Lipinski definition) is 4. The Morgan fingerprint density at radius 1 is 1.41 bits per heavy atom. The van der Waals surface area contributed by atoms with Gasteiger partial charge in [0.25, 0.3) is 0 Å². The highest BCUT2D eigenvalue weighted by Gasteiger charge is 2.22. The first-order chi connectivity index (χ1) is 8.29. The van der Waals surface area contributed by atoms with Crippen molar-refractivity contribution < 1.29 is 0 Å². The minimum atomic E-state index is 0.0589. The van der Waals surface area contributed by atoms with Crippen molar-refractivity contribution in [2.24, 2.45) is 10.7 Å². The Morgan fingerprint density at radius 3 is 3.06 bits per heavy atom. The first-order valence-corrected chi connectivity index (χ1v) is 5.87. The van der Waals surface area contributed by atoms with Crippen LogP contribution in [0.1, 0.15) is 25.9 Å². The number of benzene rings is 1. The van der Waals surface area contributed by atoms with Crippen molar-refractivity contribution >= 4 is 22.9 Å². The number of rotatable bonds is 2. The lowest BCUT2D eigenvalue weighted by atomic mass is 10.2. The second-order valence-electron chi connectivity index (χ2n) is 4.20. The van der Waals surface area contributed by atoms with Gasteiger partial charge in [-0.15, -0.1) is 0 Å². The smallest absolute Gasteiger partial charge is 0.212 e. The molecule has 1 aromatic heterocycles. The molecule has 0 radical (unpaired) electrons. The fourth-order valence-corrected chi connectivity index (χ4v) is 2.25. The Balaban J connectivity index is 2.19. The molecule has 88 valence electrons. The molecular formula is C12H15N5. The van der Waals surface area contributed by atoms with Crippen molar-refractivity contribution in [3.05, 3.63) is 24.3 Å². The highest BCUT2D eigenvalue weighted by molar-refractivity contribution is 5.94. The molecule has 3 N–H and O–H groups in total. The van der Waals surface area contributed by atoms with E-state index in [1.165, 1.54) is 0 Å². The van der Waals surface area contributed by atoms with Gasteiger partial charge in [-0.3, -0.25) is 9.88 Å². The third-order valence-corrected chi connectivity index (χ3v) is 2.97. The third-order valence-electron chi connectivity index (χ3n) is 2.97. The molecule has 0 saturated heterocycles. The highest BCUT2D eigenvalue weighted by Crippen LogP contribution is 2.30. The largest absolute Gasteiger partial charge is 0.370 e. The molecular weight excluding hydrogens is 214 g/mol. The molecule has 0 aliphatic carbocycles. The number of aliphatic imine (C=N–C) groups is 1. The average molecular weight is 229 g/mol. The molecule has 2 aromatic rings. The van der Waals surface area contributed by atoms with Crippen LogP contribution in [0.3, 0.4) is 0 Å². The number of hydrogen-bond donors (Lipinski definition) is 2. The Hall–Kier alpha value is -2.04. The van der Waals surface area contributed by atoms with E-state index >= 15 is 0 Å². The minimum Gasteiger partial charge on any atom is -0.370 e. The van der Waals surface area contributed by atoms with Crippen molar-refractivity contribution in [1.29, 1.82) is 0 Å². The van der Waals surface area contributed by atoms with Gasteiger partial charge in [-0.1, -0.05) is 25.5 Å². The minimum absolute atomic E-state index is 0.0589. The summed E-state index contributed by atoms with van der Waals surface area (Å²) >= 11 is 0. The van der Waals surface area contributed by atoms with Crippen LogP contribution in [0.2, 0.25) is 0 Å². The second-order valence-corrected chi connectivity index (χ2v) is 4.20. The average Bonchev–Trinajstić information content (AvgIpc) is 2.67. The van der Waals surface area contributed by atoms with Crippen LogP contribution in [-0.4, -0.2) is 15.5 Å². The van der Waals surface area contributed by atoms with E-state index in [1.807, 2.05) is 18.2 Å². The number of para-hydroxylation sites is 2. The summed E-state index contributed by atoms with van der Waals surface area (Å²) in [6.45, 7) is 2.15. The molecule has 1 atom stereocenters. The predicted molar refractivity (Wildman–Crippen MR) is 68.9 cm³/mol.